The van der Waals surface area contributed by atoms with Crippen LogP contribution in [0.2, 0.25) is 0 Å². The first kappa shape index (κ1) is 20.2. The number of carbonyl (C=O) groups is 1. The van der Waals surface area contributed by atoms with Crippen LogP contribution in [-0.4, -0.2) is 30.7 Å². The molecule has 28 heavy (non-hydrogen) atoms. The summed E-state index contributed by atoms with van der Waals surface area (Å²) in [7, 11) is 0. The SMILES string of the molecule is CCOc1cccc(C[NH+]2CCC(C(=O)N[C@@H](C)c3ccccc3)CC2)c1O. The van der Waals surface area contributed by atoms with Gasteiger partial charge in [0, 0.05) is 18.8 Å². The summed E-state index contributed by atoms with van der Waals surface area (Å²) < 4.78 is 5.48. The average Bonchev–Trinajstić information content (AvgIpc) is 2.72. The molecule has 2 aromatic rings. The fourth-order valence-electron chi connectivity index (χ4n) is 3.87. The number of aromatic hydroxyl groups is 1. The number of quaternary nitrogens is 1. The summed E-state index contributed by atoms with van der Waals surface area (Å²) in [5.41, 5.74) is 2.03. The summed E-state index contributed by atoms with van der Waals surface area (Å²) in [4.78, 5) is 14.0. The fraction of sp³-hybridized carbons (Fsp3) is 0.435. The van der Waals surface area contributed by atoms with Crippen molar-refractivity contribution in [1.82, 2.24) is 5.32 Å². The number of benzene rings is 2. The lowest BCUT2D eigenvalue weighted by Gasteiger charge is -2.29. The van der Waals surface area contributed by atoms with Crippen molar-refractivity contribution in [2.24, 2.45) is 5.92 Å². The quantitative estimate of drug-likeness (QED) is 0.688. The zero-order chi connectivity index (χ0) is 19.9. The highest BCUT2D eigenvalue weighted by molar-refractivity contribution is 5.79. The molecule has 2 aromatic carbocycles. The Labute approximate surface area is 167 Å². The minimum absolute atomic E-state index is 0.0253. The van der Waals surface area contributed by atoms with Crippen LogP contribution in [0.5, 0.6) is 11.5 Å². The van der Waals surface area contributed by atoms with Gasteiger partial charge in [0.05, 0.1) is 31.3 Å². The number of amides is 1. The molecule has 0 radical (unpaired) electrons. The molecule has 3 rings (SSSR count). The monoisotopic (exact) mass is 383 g/mol. The summed E-state index contributed by atoms with van der Waals surface area (Å²) >= 11 is 0. The van der Waals surface area contributed by atoms with Crippen LogP contribution in [0.1, 0.15) is 43.9 Å². The largest absolute Gasteiger partial charge is 0.504 e. The lowest BCUT2D eigenvalue weighted by atomic mass is 9.94. The van der Waals surface area contributed by atoms with Crippen LogP contribution < -0.4 is 15.0 Å². The molecule has 0 spiro atoms. The van der Waals surface area contributed by atoms with Gasteiger partial charge in [-0.2, -0.15) is 0 Å². The van der Waals surface area contributed by atoms with E-state index in [-0.39, 0.29) is 23.6 Å². The summed E-state index contributed by atoms with van der Waals surface area (Å²) in [5, 5.41) is 13.6. The van der Waals surface area contributed by atoms with Crippen molar-refractivity contribution in [2.45, 2.75) is 39.3 Å². The standard InChI is InChI=1S/C23H30N2O3/c1-3-28-21-11-7-10-20(22(21)26)16-25-14-12-19(13-15-25)23(27)24-17(2)18-8-5-4-6-9-18/h4-11,17,19,26H,3,12-16H2,1-2H3,(H,24,27)/p+1/t17-/m0/s1. The highest BCUT2D eigenvalue weighted by Gasteiger charge is 2.28. The van der Waals surface area contributed by atoms with Gasteiger partial charge in [0.15, 0.2) is 11.5 Å². The minimum atomic E-state index is 0.0253. The average molecular weight is 384 g/mol. The van der Waals surface area contributed by atoms with Gasteiger partial charge in [-0.25, -0.2) is 0 Å². The van der Waals surface area contributed by atoms with Crippen molar-refractivity contribution in [3.63, 3.8) is 0 Å². The molecule has 1 saturated heterocycles. The highest BCUT2D eigenvalue weighted by atomic mass is 16.5. The Balaban J connectivity index is 1.50. The summed E-state index contributed by atoms with van der Waals surface area (Å²) in [6.45, 7) is 7.08. The van der Waals surface area contributed by atoms with E-state index >= 15 is 0 Å². The minimum Gasteiger partial charge on any atom is -0.504 e. The Morgan fingerprint density at radius 2 is 1.89 bits per heavy atom. The molecule has 0 aliphatic carbocycles. The van der Waals surface area contributed by atoms with Gasteiger partial charge in [0.2, 0.25) is 5.91 Å². The molecular formula is C23H31N2O3+. The van der Waals surface area contributed by atoms with Crippen molar-refractivity contribution in [2.75, 3.05) is 19.7 Å². The third-order valence-electron chi connectivity index (χ3n) is 5.54. The number of nitrogens with one attached hydrogen (secondary N) is 2. The van der Waals surface area contributed by atoms with E-state index in [1.165, 1.54) is 4.90 Å². The number of rotatable bonds is 7. The second-order valence-corrected chi connectivity index (χ2v) is 7.54. The Bertz CT molecular complexity index is 771. The number of piperidine rings is 1. The van der Waals surface area contributed by atoms with Crippen molar-refractivity contribution in [3.8, 4) is 11.5 Å². The zero-order valence-electron chi connectivity index (χ0n) is 16.8. The van der Waals surface area contributed by atoms with Crippen molar-refractivity contribution < 1.29 is 19.5 Å². The molecule has 1 heterocycles. The summed E-state index contributed by atoms with van der Waals surface area (Å²) in [5.74, 6) is 1.01. The molecule has 0 bridgehead atoms. The van der Waals surface area contributed by atoms with Crippen molar-refractivity contribution in [3.05, 3.63) is 59.7 Å². The van der Waals surface area contributed by atoms with Gasteiger partial charge in [-0.3, -0.25) is 4.79 Å². The number of hydrogen-bond acceptors (Lipinski definition) is 3. The molecule has 1 atom stereocenters. The van der Waals surface area contributed by atoms with Gasteiger partial charge < -0.3 is 20.1 Å². The molecule has 0 saturated carbocycles. The highest BCUT2D eigenvalue weighted by Crippen LogP contribution is 2.29. The molecular weight excluding hydrogens is 352 g/mol. The van der Waals surface area contributed by atoms with E-state index in [1.807, 2.05) is 56.3 Å². The molecule has 1 fully saturated rings. The molecule has 1 amide bonds. The van der Waals surface area contributed by atoms with Gasteiger partial charge in [-0.1, -0.05) is 36.4 Å². The van der Waals surface area contributed by atoms with Crippen LogP contribution in [0.4, 0.5) is 0 Å². The number of ether oxygens (including phenoxy) is 1. The predicted octanol–water partition coefficient (Wildman–Crippen LogP) is 2.46. The maximum atomic E-state index is 12.6. The number of likely N-dealkylation sites (tertiary alicyclic amines) is 1. The number of carbonyl (C=O) groups excluding carboxylic acids is 1. The van der Waals surface area contributed by atoms with Crippen LogP contribution in [0.3, 0.4) is 0 Å². The summed E-state index contributed by atoms with van der Waals surface area (Å²) in [6, 6.07) is 15.8. The Hall–Kier alpha value is -2.53. The third kappa shape index (κ3) is 5.04. The smallest absolute Gasteiger partial charge is 0.224 e. The number of phenols is 1. The first-order valence-corrected chi connectivity index (χ1v) is 10.2. The molecule has 1 aliphatic rings. The fourth-order valence-corrected chi connectivity index (χ4v) is 3.87. The van der Waals surface area contributed by atoms with Gasteiger partial charge >= 0.3 is 0 Å². The zero-order valence-corrected chi connectivity index (χ0v) is 16.8. The Kier molecular flexibility index (Phi) is 6.93. The lowest BCUT2D eigenvalue weighted by molar-refractivity contribution is -0.919. The lowest BCUT2D eigenvalue weighted by Crippen LogP contribution is -3.11. The van der Waals surface area contributed by atoms with Gasteiger partial charge in [0.25, 0.3) is 0 Å². The van der Waals surface area contributed by atoms with Crippen LogP contribution >= 0.6 is 0 Å². The molecule has 1 aliphatic heterocycles. The second kappa shape index (κ2) is 9.60. The van der Waals surface area contributed by atoms with E-state index in [0.717, 1.165) is 43.6 Å². The normalized spacial score (nSPS) is 20.4. The van der Waals surface area contributed by atoms with Gasteiger partial charge in [0.1, 0.15) is 6.54 Å². The Morgan fingerprint density at radius 1 is 1.18 bits per heavy atom. The number of para-hydroxylation sites is 1. The van der Waals surface area contributed by atoms with Crippen LogP contribution in [0.25, 0.3) is 0 Å². The maximum absolute atomic E-state index is 12.6. The molecule has 5 nitrogen and oxygen atoms in total. The second-order valence-electron chi connectivity index (χ2n) is 7.54. The van der Waals surface area contributed by atoms with Crippen LogP contribution in [0.15, 0.2) is 48.5 Å². The first-order chi connectivity index (χ1) is 13.6. The van der Waals surface area contributed by atoms with E-state index in [1.54, 1.807) is 6.07 Å². The van der Waals surface area contributed by atoms with E-state index in [9.17, 15) is 9.90 Å². The van der Waals surface area contributed by atoms with Crippen molar-refractivity contribution in [1.29, 1.82) is 0 Å². The van der Waals surface area contributed by atoms with E-state index in [2.05, 4.69) is 5.32 Å². The van der Waals surface area contributed by atoms with Gasteiger partial charge in [-0.05, 0) is 31.5 Å². The first-order valence-electron chi connectivity index (χ1n) is 10.2. The number of phenolic OH excluding ortho intramolecular Hbond substituents is 1. The van der Waals surface area contributed by atoms with Crippen LogP contribution in [-0.2, 0) is 11.3 Å². The molecule has 0 unspecified atom stereocenters. The third-order valence-corrected chi connectivity index (χ3v) is 5.54. The Morgan fingerprint density at radius 3 is 2.57 bits per heavy atom. The van der Waals surface area contributed by atoms with Gasteiger partial charge in [-0.15, -0.1) is 0 Å². The molecule has 0 aromatic heterocycles. The van der Waals surface area contributed by atoms with Crippen LogP contribution in [0, 0.1) is 5.92 Å². The maximum Gasteiger partial charge on any atom is 0.224 e. The predicted molar refractivity (Wildman–Crippen MR) is 109 cm³/mol. The molecule has 5 heteroatoms. The van der Waals surface area contributed by atoms with Crippen molar-refractivity contribution >= 4 is 5.91 Å². The topological polar surface area (TPSA) is 63.0 Å². The van der Waals surface area contributed by atoms with E-state index in [4.69, 9.17) is 4.74 Å². The molecule has 3 N–H and O–H groups in total. The number of hydrogen-bond donors (Lipinski definition) is 3. The van der Waals surface area contributed by atoms with E-state index in [0.29, 0.717) is 12.4 Å². The molecule has 150 valence electrons. The van der Waals surface area contributed by atoms with E-state index < -0.39 is 0 Å². The summed E-state index contributed by atoms with van der Waals surface area (Å²) in [6.07, 6.45) is 1.74.